The Morgan fingerprint density at radius 3 is 2.27 bits per heavy atom. The molecule has 0 aliphatic heterocycles. The number of nitrogens with zero attached hydrogens (tertiary/aromatic N) is 2. The fourth-order valence-electron chi connectivity index (χ4n) is 5.00. The maximum Gasteiger partial charge on any atom is 0.264 e. The van der Waals surface area contributed by atoms with Crippen LogP contribution < -0.4 is 9.62 Å². The molecule has 0 spiro atoms. The van der Waals surface area contributed by atoms with E-state index >= 15 is 0 Å². The SMILES string of the molecule is CC[C@@H](C(=O)NC1CCCC1)N(Cc1ccc(Cl)c(Cl)c1)C(=O)CN(c1cccc(Cl)c1)S(=O)(=O)c1ccccc1. The number of hydrogen-bond donors (Lipinski definition) is 1. The van der Waals surface area contributed by atoms with Crippen molar-refractivity contribution < 1.29 is 18.0 Å². The molecular weight excluding hydrogens is 605 g/mol. The predicted octanol–water partition coefficient (Wildman–Crippen LogP) is 6.71. The Morgan fingerprint density at radius 1 is 0.927 bits per heavy atom. The van der Waals surface area contributed by atoms with Gasteiger partial charge < -0.3 is 10.2 Å². The quantitative estimate of drug-likeness (QED) is 0.254. The highest BCUT2D eigenvalue weighted by Crippen LogP contribution is 2.28. The molecule has 41 heavy (non-hydrogen) atoms. The van der Waals surface area contributed by atoms with Gasteiger partial charge in [-0.05, 0) is 67.3 Å². The number of benzene rings is 3. The lowest BCUT2D eigenvalue weighted by atomic mass is 10.1. The molecule has 3 aromatic rings. The molecule has 1 atom stereocenters. The first-order chi connectivity index (χ1) is 19.6. The molecule has 1 aliphatic rings. The van der Waals surface area contributed by atoms with Crippen molar-refractivity contribution in [3.05, 3.63) is 93.4 Å². The van der Waals surface area contributed by atoms with Crippen molar-refractivity contribution in [3.8, 4) is 0 Å². The second-order valence-electron chi connectivity index (χ2n) is 9.99. The maximum absolute atomic E-state index is 14.1. The van der Waals surface area contributed by atoms with E-state index in [1.165, 1.54) is 23.1 Å². The van der Waals surface area contributed by atoms with Crippen molar-refractivity contribution in [2.24, 2.45) is 0 Å². The van der Waals surface area contributed by atoms with Crippen LogP contribution in [-0.2, 0) is 26.2 Å². The lowest BCUT2D eigenvalue weighted by molar-refractivity contribution is -0.140. The molecular formula is C30H32Cl3N3O4S. The predicted molar refractivity (Wildman–Crippen MR) is 164 cm³/mol. The zero-order valence-corrected chi connectivity index (χ0v) is 25.7. The third-order valence-electron chi connectivity index (χ3n) is 7.13. The number of sulfonamides is 1. The highest BCUT2D eigenvalue weighted by molar-refractivity contribution is 7.92. The maximum atomic E-state index is 14.1. The third kappa shape index (κ3) is 7.74. The van der Waals surface area contributed by atoms with Gasteiger partial charge in [0.1, 0.15) is 12.6 Å². The molecule has 0 unspecified atom stereocenters. The first kappa shape index (κ1) is 31.2. The van der Waals surface area contributed by atoms with Gasteiger partial charge in [-0.1, -0.05) is 84.9 Å². The van der Waals surface area contributed by atoms with Crippen LogP contribution in [0.2, 0.25) is 15.1 Å². The molecule has 0 radical (unpaired) electrons. The Balaban J connectivity index is 1.72. The van der Waals surface area contributed by atoms with Gasteiger partial charge in [0.25, 0.3) is 10.0 Å². The van der Waals surface area contributed by atoms with Gasteiger partial charge in [0, 0.05) is 17.6 Å². The molecule has 218 valence electrons. The van der Waals surface area contributed by atoms with E-state index < -0.39 is 28.5 Å². The van der Waals surface area contributed by atoms with Gasteiger partial charge in [0.05, 0.1) is 20.6 Å². The first-order valence-corrected chi connectivity index (χ1v) is 16.0. The minimum absolute atomic E-state index is 0.0230. The summed E-state index contributed by atoms with van der Waals surface area (Å²) in [5.41, 5.74) is 0.882. The average molecular weight is 637 g/mol. The third-order valence-corrected chi connectivity index (χ3v) is 9.89. The largest absolute Gasteiger partial charge is 0.352 e. The van der Waals surface area contributed by atoms with Gasteiger partial charge in [-0.3, -0.25) is 13.9 Å². The molecule has 1 aliphatic carbocycles. The van der Waals surface area contributed by atoms with Crippen LogP contribution >= 0.6 is 34.8 Å². The number of carbonyl (C=O) groups is 2. The summed E-state index contributed by atoms with van der Waals surface area (Å²) in [5, 5.41) is 4.08. The monoisotopic (exact) mass is 635 g/mol. The highest BCUT2D eigenvalue weighted by Gasteiger charge is 2.34. The minimum atomic E-state index is -4.17. The van der Waals surface area contributed by atoms with Gasteiger partial charge >= 0.3 is 0 Å². The van der Waals surface area contributed by atoms with Crippen molar-refractivity contribution in [1.82, 2.24) is 10.2 Å². The number of rotatable bonds is 11. The van der Waals surface area contributed by atoms with Crippen LogP contribution in [0.25, 0.3) is 0 Å². The van der Waals surface area contributed by atoms with Crippen LogP contribution in [0.1, 0.15) is 44.6 Å². The summed E-state index contributed by atoms with van der Waals surface area (Å²) in [4.78, 5) is 29.1. The number of nitrogens with one attached hydrogen (secondary N) is 1. The summed E-state index contributed by atoms with van der Waals surface area (Å²) in [6.07, 6.45) is 4.19. The van der Waals surface area contributed by atoms with Crippen LogP contribution in [0.4, 0.5) is 5.69 Å². The fourth-order valence-corrected chi connectivity index (χ4v) is 6.93. The second-order valence-corrected chi connectivity index (χ2v) is 13.1. The fraction of sp³-hybridized carbons (Fsp3) is 0.333. The second kappa shape index (κ2) is 13.9. The van der Waals surface area contributed by atoms with Crippen LogP contribution in [0.5, 0.6) is 0 Å². The summed E-state index contributed by atoms with van der Waals surface area (Å²) < 4.78 is 28.7. The highest BCUT2D eigenvalue weighted by atomic mass is 35.5. The van der Waals surface area contributed by atoms with Crippen LogP contribution in [0.3, 0.4) is 0 Å². The van der Waals surface area contributed by atoms with Crippen LogP contribution in [0.15, 0.2) is 77.7 Å². The molecule has 2 amide bonds. The number of amides is 2. The van der Waals surface area contributed by atoms with Crippen LogP contribution in [-0.4, -0.2) is 43.8 Å². The molecule has 4 rings (SSSR count). The first-order valence-electron chi connectivity index (χ1n) is 13.5. The molecule has 1 fully saturated rings. The Hall–Kier alpha value is -2.78. The number of halogens is 3. The molecule has 11 heteroatoms. The van der Waals surface area contributed by atoms with Crippen molar-refractivity contribution >= 4 is 62.3 Å². The van der Waals surface area contributed by atoms with Crippen LogP contribution in [0, 0.1) is 0 Å². The summed E-state index contributed by atoms with van der Waals surface area (Å²) >= 11 is 18.6. The van der Waals surface area contributed by atoms with E-state index in [0.717, 1.165) is 30.0 Å². The van der Waals surface area contributed by atoms with Gasteiger partial charge in [-0.25, -0.2) is 8.42 Å². The smallest absolute Gasteiger partial charge is 0.264 e. The molecule has 0 aromatic heterocycles. The van der Waals surface area contributed by atoms with Gasteiger partial charge in [0.2, 0.25) is 11.8 Å². The number of carbonyl (C=O) groups excluding carboxylic acids is 2. The molecule has 3 aromatic carbocycles. The average Bonchev–Trinajstić information content (AvgIpc) is 3.46. The van der Waals surface area contributed by atoms with Gasteiger partial charge in [0.15, 0.2) is 0 Å². The van der Waals surface area contributed by atoms with Crippen molar-refractivity contribution in [3.63, 3.8) is 0 Å². The number of anilines is 1. The molecule has 1 saturated carbocycles. The Kier molecular flexibility index (Phi) is 10.6. The zero-order chi connectivity index (χ0) is 29.6. The van der Waals surface area contributed by atoms with Crippen molar-refractivity contribution in [1.29, 1.82) is 0 Å². The van der Waals surface area contributed by atoms with Crippen molar-refractivity contribution in [2.75, 3.05) is 10.8 Å². The van der Waals surface area contributed by atoms with E-state index in [9.17, 15) is 18.0 Å². The van der Waals surface area contributed by atoms with E-state index in [0.29, 0.717) is 27.1 Å². The molecule has 0 saturated heterocycles. The summed E-state index contributed by atoms with van der Waals surface area (Å²) in [6, 6.07) is 18.4. The number of hydrogen-bond acceptors (Lipinski definition) is 4. The molecule has 0 heterocycles. The summed E-state index contributed by atoms with van der Waals surface area (Å²) in [7, 11) is -4.17. The van der Waals surface area contributed by atoms with E-state index in [2.05, 4.69) is 5.32 Å². The summed E-state index contributed by atoms with van der Waals surface area (Å²) in [5.74, 6) is -0.822. The topological polar surface area (TPSA) is 86.8 Å². The van der Waals surface area contributed by atoms with Crippen molar-refractivity contribution in [2.45, 2.75) is 62.6 Å². The zero-order valence-electron chi connectivity index (χ0n) is 22.6. The standard InChI is InChI=1S/C30H32Cl3N3O4S/c1-2-28(30(38)34-23-10-6-7-11-23)35(19-21-15-16-26(32)27(33)17-21)29(37)20-36(24-12-8-9-22(31)18-24)41(39,40)25-13-4-3-5-14-25/h3-5,8-9,12-18,23,28H,2,6-7,10-11,19-20H2,1H3,(H,34,38)/t28-/m0/s1. The van der Waals surface area contributed by atoms with E-state index in [4.69, 9.17) is 34.8 Å². The Morgan fingerprint density at radius 2 is 1.63 bits per heavy atom. The normalized spacial score (nSPS) is 14.4. The molecule has 0 bridgehead atoms. The lowest BCUT2D eigenvalue weighted by Gasteiger charge is -2.34. The Bertz CT molecular complexity index is 1480. The Labute approximate surface area is 256 Å². The minimum Gasteiger partial charge on any atom is -0.352 e. The van der Waals surface area contributed by atoms with Gasteiger partial charge in [-0.15, -0.1) is 0 Å². The van der Waals surface area contributed by atoms with Gasteiger partial charge in [-0.2, -0.15) is 0 Å². The summed E-state index contributed by atoms with van der Waals surface area (Å²) in [6.45, 7) is 1.30. The van der Waals surface area contributed by atoms with E-state index in [1.807, 2.05) is 6.92 Å². The lowest BCUT2D eigenvalue weighted by Crippen LogP contribution is -2.53. The van der Waals surface area contributed by atoms with E-state index in [-0.39, 0.29) is 29.1 Å². The molecule has 1 N–H and O–H groups in total. The molecule has 7 nitrogen and oxygen atoms in total. The van der Waals surface area contributed by atoms with E-state index in [1.54, 1.807) is 54.6 Å².